The van der Waals surface area contributed by atoms with Crippen molar-refractivity contribution in [1.82, 2.24) is 0 Å². The summed E-state index contributed by atoms with van der Waals surface area (Å²) in [5.41, 5.74) is 2.93. The van der Waals surface area contributed by atoms with Crippen LogP contribution < -0.4 is 5.73 Å². The number of carboxylic acids is 1. The fourth-order valence-corrected chi connectivity index (χ4v) is 0.806. The van der Waals surface area contributed by atoms with Gasteiger partial charge in [0.15, 0.2) is 5.60 Å². The Hall–Kier alpha value is -1.10. The van der Waals surface area contributed by atoms with Crippen molar-refractivity contribution in [3.8, 4) is 0 Å². The number of carbonyl (C=O) groups is 2. The highest BCUT2D eigenvalue weighted by molar-refractivity contribution is 5.88. The van der Waals surface area contributed by atoms with E-state index in [1.807, 2.05) is 0 Å². The molecule has 0 fully saturated rings. The highest BCUT2D eigenvalue weighted by Crippen LogP contribution is 2.20. The minimum Gasteiger partial charge on any atom is -0.481 e. The van der Waals surface area contributed by atoms with Crippen LogP contribution in [0.2, 0.25) is 0 Å². The molecule has 1 atom stereocenters. The first-order valence-corrected chi connectivity index (χ1v) is 3.54. The van der Waals surface area contributed by atoms with Gasteiger partial charge in [-0.1, -0.05) is 13.8 Å². The third-order valence-electron chi connectivity index (χ3n) is 1.80. The van der Waals surface area contributed by atoms with E-state index in [0.717, 1.165) is 0 Å². The second-order valence-corrected chi connectivity index (χ2v) is 3.01. The number of hydrogen-bond acceptors (Lipinski definition) is 3. The Labute approximate surface area is 70.2 Å². The quantitative estimate of drug-likeness (QED) is 0.527. The number of amides is 1. The van der Waals surface area contributed by atoms with Gasteiger partial charge in [0.1, 0.15) is 0 Å². The number of nitrogens with two attached hydrogens (primary N) is 1. The molecule has 5 nitrogen and oxygen atoms in total. The minimum absolute atomic E-state index is 0.508. The van der Waals surface area contributed by atoms with E-state index in [9.17, 15) is 14.7 Å². The van der Waals surface area contributed by atoms with E-state index in [0.29, 0.717) is 0 Å². The van der Waals surface area contributed by atoms with Gasteiger partial charge >= 0.3 is 5.97 Å². The molecule has 0 saturated heterocycles. The molecular weight excluding hydrogens is 162 g/mol. The predicted octanol–water partition coefficient (Wildman–Crippen LogP) is -0.667. The summed E-state index contributed by atoms with van der Waals surface area (Å²) in [6.45, 7) is 3.07. The number of carboxylic acid groups (broad SMARTS) is 1. The molecule has 0 spiro atoms. The minimum atomic E-state index is -1.94. The number of carbonyl (C=O) groups excluding carboxylic acids is 1. The van der Waals surface area contributed by atoms with Crippen LogP contribution in [-0.4, -0.2) is 27.7 Å². The van der Waals surface area contributed by atoms with Crippen LogP contribution in [0.15, 0.2) is 0 Å². The number of rotatable bonds is 4. The molecule has 0 aliphatic heterocycles. The highest BCUT2D eigenvalue weighted by Gasteiger charge is 2.39. The summed E-state index contributed by atoms with van der Waals surface area (Å²) in [5, 5.41) is 17.9. The van der Waals surface area contributed by atoms with Crippen molar-refractivity contribution >= 4 is 11.9 Å². The molecular formula is C7H13NO4. The number of hydrogen-bond donors (Lipinski definition) is 3. The summed E-state index contributed by atoms with van der Waals surface area (Å²) >= 11 is 0. The van der Waals surface area contributed by atoms with Gasteiger partial charge in [-0.25, -0.2) is 0 Å². The molecule has 12 heavy (non-hydrogen) atoms. The number of aliphatic hydroxyl groups is 1. The van der Waals surface area contributed by atoms with Crippen molar-refractivity contribution in [2.45, 2.75) is 25.9 Å². The van der Waals surface area contributed by atoms with Gasteiger partial charge in [-0.05, 0) is 5.92 Å². The van der Waals surface area contributed by atoms with E-state index < -0.39 is 29.8 Å². The summed E-state index contributed by atoms with van der Waals surface area (Å²) in [4.78, 5) is 21.0. The van der Waals surface area contributed by atoms with E-state index in [1.165, 1.54) is 13.8 Å². The first kappa shape index (κ1) is 10.9. The second kappa shape index (κ2) is 3.53. The lowest BCUT2D eigenvalue weighted by atomic mass is 9.86. The first-order chi connectivity index (χ1) is 5.30. The number of aliphatic carboxylic acids is 1. The molecule has 0 aliphatic rings. The molecule has 0 aromatic carbocycles. The van der Waals surface area contributed by atoms with Gasteiger partial charge in [0.05, 0.1) is 6.42 Å². The predicted molar refractivity (Wildman–Crippen MR) is 41.2 cm³/mol. The first-order valence-electron chi connectivity index (χ1n) is 3.54. The molecule has 0 saturated carbocycles. The molecule has 0 unspecified atom stereocenters. The number of primary amides is 1. The molecule has 4 N–H and O–H groups in total. The van der Waals surface area contributed by atoms with Crippen molar-refractivity contribution in [1.29, 1.82) is 0 Å². The Morgan fingerprint density at radius 1 is 1.50 bits per heavy atom. The molecule has 0 radical (unpaired) electrons. The molecule has 0 heterocycles. The fourth-order valence-electron chi connectivity index (χ4n) is 0.806. The summed E-state index contributed by atoms with van der Waals surface area (Å²) < 4.78 is 0. The average molecular weight is 175 g/mol. The lowest BCUT2D eigenvalue weighted by molar-refractivity contribution is -0.154. The van der Waals surface area contributed by atoms with Crippen LogP contribution in [0.4, 0.5) is 0 Å². The molecule has 0 aromatic heterocycles. The van der Waals surface area contributed by atoms with Crippen molar-refractivity contribution in [2.75, 3.05) is 0 Å². The van der Waals surface area contributed by atoms with Crippen molar-refractivity contribution < 1.29 is 19.8 Å². The Bertz CT molecular complexity index is 202. The van der Waals surface area contributed by atoms with E-state index in [-0.39, 0.29) is 0 Å². The molecule has 1 amide bonds. The SMILES string of the molecule is CC(C)[C@@](O)(CC(=O)O)C(N)=O. The lowest BCUT2D eigenvalue weighted by Crippen LogP contribution is -2.49. The molecule has 70 valence electrons. The Balaban J connectivity index is 4.62. The van der Waals surface area contributed by atoms with Crippen LogP contribution in [0.5, 0.6) is 0 Å². The van der Waals surface area contributed by atoms with Crippen LogP contribution in [-0.2, 0) is 9.59 Å². The van der Waals surface area contributed by atoms with Crippen LogP contribution in [0.3, 0.4) is 0 Å². The fraction of sp³-hybridized carbons (Fsp3) is 0.714. The third-order valence-corrected chi connectivity index (χ3v) is 1.80. The summed E-state index contributed by atoms with van der Waals surface area (Å²) in [6, 6.07) is 0. The van der Waals surface area contributed by atoms with E-state index in [4.69, 9.17) is 10.8 Å². The largest absolute Gasteiger partial charge is 0.481 e. The van der Waals surface area contributed by atoms with Crippen molar-refractivity contribution in [3.05, 3.63) is 0 Å². The second-order valence-electron chi connectivity index (χ2n) is 3.01. The standard InChI is InChI=1S/C7H13NO4/c1-4(2)7(12,6(8)11)3-5(9)10/h4,12H,3H2,1-2H3,(H2,8,11)(H,9,10)/t7-/m0/s1. The molecule has 0 aromatic rings. The normalized spacial score (nSPS) is 15.7. The van der Waals surface area contributed by atoms with Gasteiger partial charge in [-0.15, -0.1) is 0 Å². The third kappa shape index (κ3) is 2.20. The monoisotopic (exact) mass is 175 g/mol. The van der Waals surface area contributed by atoms with E-state index in [1.54, 1.807) is 0 Å². The molecule has 0 rings (SSSR count). The summed E-state index contributed by atoms with van der Waals surface area (Å²) in [5.74, 6) is -2.75. The zero-order valence-electron chi connectivity index (χ0n) is 7.07. The molecule has 0 aliphatic carbocycles. The zero-order valence-corrected chi connectivity index (χ0v) is 7.07. The lowest BCUT2D eigenvalue weighted by Gasteiger charge is -2.26. The van der Waals surface area contributed by atoms with Crippen molar-refractivity contribution in [3.63, 3.8) is 0 Å². The van der Waals surface area contributed by atoms with Gasteiger partial charge in [0, 0.05) is 0 Å². The Kier molecular flexibility index (Phi) is 3.21. The molecule has 5 heteroatoms. The van der Waals surface area contributed by atoms with Crippen LogP contribution >= 0.6 is 0 Å². The maximum absolute atomic E-state index is 10.7. The summed E-state index contributed by atoms with van der Waals surface area (Å²) in [7, 11) is 0. The van der Waals surface area contributed by atoms with Gasteiger partial charge in [-0.2, -0.15) is 0 Å². The van der Waals surface area contributed by atoms with Crippen LogP contribution in [0.25, 0.3) is 0 Å². The average Bonchev–Trinajstić information content (AvgIpc) is 1.84. The van der Waals surface area contributed by atoms with Crippen LogP contribution in [0, 0.1) is 5.92 Å². The maximum atomic E-state index is 10.7. The molecule has 0 bridgehead atoms. The van der Waals surface area contributed by atoms with Crippen LogP contribution in [0.1, 0.15) is 20.3 Å². The van der Waals surface area contributed by atoms with Gasteiger partial charge in [0.25, 0.3) is 0 Å². The van der Waals surface area contributed by atoms with Gasteiger partial charge in [0.2, 0.25) is 5.91 Å². The van der Waals surface area contributed by atoms with E-state index in [2.05, 4.69) is 0 Å². The Morgan fingerprint density at radius 2 is 1.92 bits per heavy atom. The van der Waals surface area contributed by atoms with E-state index >= 15 is 0 Å². The zero-order chi connectivity index (χ0) is 9.94. The topological polar surface area (TPSA) is 101 Å². The van der Waals surface area contributed by atoms with Gasteiger partial charge in [-0.3, -0.25) is 9.59 Å². The maximum Gasteiger partial charge on any atom is 0.306 e. The summed E-state index contributed by atoms with van der Waals surface area (Å²) in [6.07, 6.45) is -0.653. The highest BCUT2D eigenvalue weighted by atomic mass is 16.4. The Morgan fingerprint density at radius 3 is 2.00 bits per heavy atom. The smallest absolute Gasteiger partial charge is 0.306 e. The van der Waals surface area contributed by atoms with Crippen molar-refractivity contribution in [2.24, 2.45) is 11.7 Å². The van der Waals surface area contributed by atoms with Gasteiger partial charge < -0.3 is 15.9 Å².